The minimum absolute atomic E-state index is 0.117. The summed E-state index contributed by atoms with van der Waals surface area (Å²) in [5.41, 5.74) is 1.16. The molecule has 6 nitrogen and oxygen atoms in total. The second-order valence-corrected chi connectivity index (χ2v) is 6.69. The first-order valence-electron chi connectivity index (χ1n) is 9.16. The van der Waals surface area contributed by atoms with Crippen molar-refractivity contribution in [1.82, 2.24) is 14.9 Å². The van der Waals surface area contributed by atoms with Crippen molar-refractivity contribution in [3.8, 4) is 5.75 Å². The molecule has 1 fully saturated rings. The number of nitrogens with one attached hydrogen (secondary N) is 1. The maximum Gasteiger partial charge on any atom is 0.251 e. The summed E-state index contributed by atoms with van der Waals surface area (Å²) >= 11 is 0. The van der Waals surface area contributed by atoms with Crippen molar-refractivity contribution in [3.05, 3.63) is 58.3 Å². The van der Waals surface area contributed by atoms with Crippen LogP contribution in [0.25, 0.3) is 0 Å². The van der Waals surface area contributed by atoms with Gasteiger partial charge in [0.05, 0.1) is 11.8 Å². The number of pyridine rings is 2. The van der Waals surface area contributed by atoms with Crippen LogP contribution >= 0.6 is 0 Å². The molecule has 138 valence electrons. The summed E-state index contributed by atoms with van der Waals surface area (Å²) in [6, 6.07) is 7.03. The van der Waals surface area contributed by atoms with Gasteiger partial charge in [-0.05, 0) is 57.7 Å². The van der Waals surface area contributed by atoms with Crippen molar-refractivity contribution >= 4 is 5.91 Å². The van der Waals surface area contributed by atoms with Crippen LogP contribution in [0.3, 0.4) is 0 Å². The number of hydrogen-bond donors (Lipinski definition) is 1. The Morgan fingerprint density at radius 2 is 2.08 bits per heavy atom. The zero-order valence-electron chi connectivity index (χ0n) is 15.3. The van der Waals surface area contributed by atoms with Crippen LogP contribution in [0.4, 0.5) is 0 Å². The van der Waals surface area contributed by atoms with E-state index in [9.17, 15) is 9.59 Å². The third kappa shape index (κ3) is 4.31. The van der Waals surface area contributed by atoms with E-state index in [2.05, 4.69) is 10.3 Å². The molecule has 2 aromatic rings. The Labute approximate surface area is 153 Å². The number of aromatic nitrogens is 2. The number of aryl methyl sites for hydroxylation is 2. The summed E-state index contributed by atoms with van der Waals surface area (Å²) < 4.78 is 7.62. The minimum atomic E-state index is -0.183. The van der Waals surface area contributed by atoms with E-state index in [1.165, 1.54) is 6.07 Å². The fourth-order valence-electron chi connectivity index (χ4n) is 3.28. The van der Waals surface area contributed by atoms with E-state index in [0.29, 0.717) is 12.1 Å². The Morgan fingerprint density at radius 1 is 1.31 bits per heavy atom. The van der Waals surface area contributed by atoms with Crippen LogP contribution in [0.15, 0.2) is 41.5 Å². The summed E-state index contributed by atoms with van der Waals surface area (Å²) in [4.78, 5) is 28.5. The molecule has 26 heavy (non-hydrogen) atoms. The van der Waals surface area contributed by atoms with Gasteiger partial charge >= 0.3 is 0 Å². The number of nitrogens with zero attached hydrogens (tertiary/aromatic N) is 2. The topological polar surface area (TPSA) is 73.2 Å². The molecule has 0 spiro atoms. The Bertz CT molecular complexity index is 823. The van der Waals surface area contributed by atoms with Crippen LogP contribution in [0.2, 0.25) is 0 Å². The van der Waals surface area contributed by atoms with Gasteiger partial charge in [0.1, 0.15) is 5.75 Å². The van der Waals surface area contributed by atoms with Gasteiger partial charge in [-0.1, -0.05) is 0 Å². The maximum atomic E-state index is 12.4. The normalized spacial score (nSPS) is 19.8. The fourth-order valence-corrected chi connectivity index (χ4v) is 3.28. The first kappa shape index (κ1) is 18.2. The third-order valence-corrected chi connectivity index (χ3v) is 4.86. The summed E-state index contributed by atoms with van der Waals surface area (Å²) in [6.07, 6.45) is 7.07. The zero-order valence-corrected chi connectivity index (χ0v) is 15.3. The van der Waals surface area contributed by atoms with Crippen molar-refractivity contribution in [3.63, 3.8) is 0 Å². The van der Waals surface area contributed by atoms with Crippen LogP contribution in [-0.2, 0) is 6.54 Å². The first-order valence-corrected chi connectivity index (χ1v) is 9.16. The van der Waals surface area contributed by atoms with E-state index in [0.717, 1.165) is 37.1 Å². The van der Waals surface area contributed by atoms with Crippen molar-refractivity contribution in [2.75, 3.05) is 0 Å². The number of amides is 1. The van der Waals surface area contributed by atoms with Crippen LogP contribution < -0.4 is 15.6 Å². The van der Waals surface area contributed by atoms with Gasteiger partial charge in [0.25, 0.3) is 11.5 Å². The van der Waals surface area contributed by atoms with Gasteiger partial charge in [0.2, 0.25) is 0 Å². The number of ether oxygens (including phenoxy) is 1. The van der Waals surface area contributed by atoms with Crippen LogP contribution in [-0.4, -0.2) is 27.6 Å². The molecule has 0 aliphatic heterocycles. The predicted octanol–water partition coefficient (Wildman–Crippen LogP) is 2.69. The van der Waals surface area contributed by atoms with Gasteiger partial charge < -0.3 is 14.6 Å². The van der Waals surface area contributed by atoms with E-state index < -0.39 is 0 Å². The molecule has 1 N–H and O–H groups in total. The van der Waals surface area contributed by atoms with Crippen LogP contribution in [0.5, 0.6) is 5.75 Å². The van der Waals surface area contributed by atoms with E-state index >= 15 is 0 Å². The van der Waals surface area contributed by atoms with Crippen molar-refractivity contribution in [1.29, 1.82) is 0 Å². The van der Waals surface area contributed by atoms with Gasteiger partial charge in [-0.3, -0.25) is 14.6 Å². The molecule has 0 saturated heterocycles. The van der Waals surface area contributed by atoms with Gasteiger partial charge in [0.15, 0.2) is 0 Å². The number of carbonyl (C=O) groups is 1. The SMILES string of the molecule is CCn1ccc(C(=O)NC2CCC(Oc3cccnc3C)CC2)cc1=O. The molecule has 2 aromatic heterocycles. The van der Waals surface area contributed by atoms with Gasteiger partial charge in [-0.15, -0.1) is 0 Å². The highest BCUT2D eigenvalue weighted by Crippen LogP contribution is 2.25. The smallest absolute Gasteiger partial charge is 0.251 e. The highest BCUT2D eigenvalue weighted by Gasteiger charge is 2.24. The number of carbonyl (C=O) groups excluding carboxylic acids is 1. The third-order valence-electron chi connectivity index (χ3n) is 4.86. The molecule has 1 aliphatic rings. The Hall–Kier alpha value is -2.63. The monoisotopic (exact) mass is 355 g/mol. The lowest BCUT2D eigenvalue weighted by Crippen LogP contribution is -2.40. The lowest BCUT2D eigenvalue weighted by Gasteiger charge is -2.29. The molecule has 3 rings (SSSR count). The van der Waals surface area contributed by atoms with Crippen LogP contribution in [0, 0.1) is 6.92 Å². The molecule has 6 heteroatoms. The summed E-state index contributed by atoms with van der Waals surface area (Å²) in [5, 5.41) is 3.04. The lowest BCUT2D eigenvalue weighted by atomic mass is 9.92. The predicted molar refractivity (Wildman–Crippen MR) is 99.5 cm³/mol. The molecule has 0 aromatic carbocycles. The number of hydrogen-bond acceptors (Lipinski definition) is 4. The molecule has 1 amide bonds. The average molecular weight is 355 g/mol. The average Bonchev–Trinajstić information content (AvgIpc) is 2.65. The molecule has 2 heterocycles. The largest absolute Gasteiger partial charge is 0.489 e. The minimum Gasteiger partial charge on any atom is -0.489 e. The molecule has 0 unspecified atom stereocenters. The lowest BCUT2D eigenvalue weighted by molar-refractivity contribution is 0.0893. The summed E-state index contributed by atoms with van der Waals surface area (Å²) in [7, 11) is 0. The summed E-state index contributed by atoms with van der Waals surface area (Å²) in [5.74, 6) is 0.647. The molecular formula is C20H25N3O3. The Morgan fingerprint density at radius 3 is 2.73 bits per heavy atom. The van der Waals surface area contributed by atoms with Crippen molar-refractivity contribution in [2.45, 2.75) is 58.2 Å². The Kier molecular flexibility index (Phi) is 5.71. The summed E-state index contributed by atoms with van der Waals surface area (Å²) in [6.45, 7) is 4.43. The van der Waals surface area contributed by atoms with E-state index in [4.69, 9.17) is 4.74 Å². The van der Waals surface area contributed by atoms with Crippen LogP contribution in [0.1, 0.15) is 48.7 Å². The quantitative estimate of drug-likeness (QED) is 0.895. The molecule has 1 aliphatic carbocycles. The second kappa shape index (κ2) is 8.17. The standard InChI is InChI=1S/C20H25N3O3/c1-3-23-12-10-15(13-19(23)24)20(25)22-16-6-8-17(9-7-16)26-18-5-4-11-21-14(18)2/h4-5,10-13,16-17H,3,6-9H2,1-2H3,(H,22,25). The molecule has 0 atom stereocenters. The molecule has 0 bridgehead atoms. The van der Waals surface area contributed by atoms with Crippen molar-refractivity contribution < 1.29 is 9.53 Å². The van der Waals surface area contributed by atoms with Gasteiger partial charge in [0, 0.05) is 36.6 Å². The highest BCUT2D eigenvalue weighted by molar-refractivity contribution is 5.94. The maximum absolute atomic E-state index is 12.4. The zero-order chi connectivity index (χ0) is 18.5. The Balaban J connectivity index is 1.52. The van der Waals surface area contributed by atoms with E-state index in [-0.39, 0.29) is 23.6 Å². The number of rotatable bonds is 5. The second-order valence-electron chi connectivity index (χ2n) is 6.69. The fraction of sp³-hybridized carbons (Fsp3) is 0.450. The molecule has 0 radical (unpaired) electrons. The van der Waals surface area contributed by atoms with Crippen molar-refractivity contribution in [2.24, 2.45) is 0 Å². The molecule has 1 saturated carbocycles. The van der Waals surface area contributed by atoms with Gasteiger partial charge in [-0.2, -0.15) is 0 Å². The highest BCUT2D eigenvalue weighted by atomic mass is 16.5. The van der Waals surface area contributed by atoms with E-state index in [1.54, 1.807) is 23.0 Å². The van der Waals surface area contributed by atoms with E-state index in [1.807, 2.05) is 26.0 Å². The first-order chi connectivity index (χ1) is 12.6. The molecular weight excluding hydrogens is 330 g/mol. The van der Waals surface area contributed by atoms with Gasteiger partial charge in [-0.25, -0.2) is 0 Å².